The number of cyclic esters (lactones) is 1. The van der Waals surface area contributed by atoms with Gasteiger partial charge >= 0.3 is 5.97 Å². The molecule has 1 fully saturated rings. The van der Waals surface area contributed by atoms with Gasteiger partial charge < -0.3 is 4.74 Å². The number of carbonyl (C=O) groups excluding carboxylic acids is 1. The maximum absolute atomic E-state index is 11.9. The third-order valence-electron chi connectivity index (χ3n) is 4.14. The molecule has 4 rings (SSSR count). The Hall–Kier alpha value is -2.73. The number of hydrogen-bond acceptors (Lipinski definition) is 6. The summed E-state index contributed by atoms with van der Waals surface area (Å²) in [6.07, 6.45) is 0.596. The van der Waals surface area contributed by atoms with Gasteiger partial charge in [-0.3, -0.25) is 4.79 Å². The van der Waals surface area contributed by atoms with Crippen LogP contribution in [0.15, 0.2) is 65.8 Å². The highest BCUT2D eigenvalue weighted by molar-refractivity contribution is 8.00. The van der Waals surface area contributed by atoms with Gasteiger partial charge in [0, 0.05) is 17.5 Å². The Bertz CT molecular complexity index is 919. The minimum Gasteiger partial charge on any atom is -0.462 e. The van der Waals surface area contributed by atoms with Gasteiger partial charge in [-0.15, -0.1) is 10.2 Å². The molecule has 0 bridgehead atoms. The topological polar surface area (TPSA) is 65.0 Å². The first-order chi connectivity index (χ1) is 12.7. The Balaban J connectivity index is 1.74. The molecule has 1 aliphatic rings. The molecule has 3 aromatic rings. The molecule has 0 spiro atoms. The van der Waals surface area contributed by atoms with Gasteiger partial charge in [-0.2, -0.15) is 0 Å². The van der Waals surface area contributed by atoms with Crippen LogP contribution in [0.2, 0.25) is 0 Å². The molecule has 130 valence electrons. The summed E-state index contributed by atoms with van der Waals surface area (Å²) in [5.74, 6) is -0.209. The van der Waals surface area contributed by atoms with Gasteiger partial charge in [0.2, 0.25) is 5.16 Å². The molecule has 2 aromatic carbocycles. The van der Waals surface area contributed by atoms with Crippen LogP contribution in [-0.2, 0) is 9.53 Å². The lowest BCUT2D eigenvalue weighted by Gasteiger charge is -2.10. The largest absolute Gasteiger partial charge is 0.462 e. The van der Waals surface area contributed by atoms with Gasteiger partial charge in [0.25, 0.3) is 0 Å². The fraction of sp³-hybridized carbons (Fsp3) is 0.200. The van der Waals surface area contributed by atoms with Crippen LogP contribution in [0.25, 0.3) is 22.5 Å². The van der Waals surface area contributed by atoms with E-state index in [0.29, 0.717) is 11.6 Å². The number of nitrogens with zero attached hydrogens (tertiary/aromatic N) is 3. The monoisotopic (exact) mass is 363 g/mol. The maximum Gasteiger partial charge on any atom is 0.319 e. The molecule has 2 atom stereocenters. The molecule has 0 unspecified atom stereocenters. The van der Waals surface area contributed by atoms with Crippen molar-refractivity contribution in [1.82, 2.24) is 15.2 Å². The fourth-order valence-corrected chi connectivity index (χ4v) is 3.90. The van der Waals surface area contributed by atoms with E-state index in [4.69, 9.17) is 9.72 Å². The van der Waals surface area contributed by atoms with Crippen molar-refractivity contribution in [2.75, 3.05) is 0 Å². The van der Waals surface area contributed by atoms with E-state index >= 15 is 0 Å². The van der Waals surface area contributed by atoms with Crippen LogP contribution in [0.5, 0.6) is 0 Å². The number of carbonyl (C=O) groups is 1. The molecule has 2 heterocycles. The molecular weight excluding hydrogens is 346 g/mol. The van der Waals surface area contributed by atoms with Gasteiger partial charge in [-0.25, -0.2) is 4.98 Å². The van der Waals surface area contributed by atoms with E-state index in [9.17, 15) is 4.79 Å². The molecule has 1 aliphatic heterocycles. The van der Waals surface area contributed by atoms with Crippen molar-refractivity contribution in [2.24, 2.45) is 0 Å². The Morgan fingerprint density at radius 1 is 0.923 bits per heavy atom. The Morgan fingerprint density at radius 3 is 2.12 bits per heavy atom. The minimum atomic E-state index is -0.280. The molecule has 0 radical (unpaired) electrons. The van der Waals surface area contributed by atoms with Crippen molar-refractivity contribution >= 4 is 17.7 Å². The summed E-state index contributed by atoms with van der Waals surface area (Å²) in [6, 6.07) is 19.8. The summed E-state index contributed by atoms with van der Waals surface area (Å²) >= 11 is 1.32. The first kappa shape index (κ1) is 16.7. The van der Waals surface area contributed by atoms with Gasteiger partial charge in [0.1, 0.15) is 22.7 Å². The summed E-state index contributed by atoms with van der Waals surface area (Å²) in [4.78, 5) is 16.6. The van der Waals surface area contributed by atoms with E-state index < -0.39 is 0 Å². The SMILES string of the molecule is C[C@H]1C[C@@H](Sc2nnc(-c3ccccc3)c(-c3ccccc3)n2)C(=O)O1. The van der Waals surface area contributed by atoms with Crippen molar-refractivity contribution in [2.45, 2.75) is 29.9 Å². The van der Waals surface area contributed by atoms with Gasteiger partial charge in [0.05, 0.1) is 0 Å². The predicted octanol–water partition coefficient (Wildman–Crippen LogP) is 4.00. The summed E-state index contributed by atoms with van der Waals surface area (Å²) in [5.41, 5.74) is 3.40. The minimum absolute atomic E-state index is 0.0647. The number of rotatable bonds is 4. The second-order valence-electron chi connectivity index (χ2n) is 6.11. The molecular formula is C20H17N3O2S. The van der Waals surface area contributed by atoms with Crippen LogP contribution < -0.4 is 0 Å². The van der Waals surface area contributed by atoms with Crippen LogP contribution in [-0.4, -0.2) is 32.5 Å². The zero-order chi connectivity index (χ0) is 17.9. The summed E-state index contributed by atoms with van der Waals surface area (Å²) in [5, 5.41) is 8.89. The molecule has 1 aromatic heterocycles. The van der Waals surface area contributed by atoms with Crippen LogP contribution in [0.3, 0.4) is 0 Å². The van der Waals surface area contributed by atoms with E-state index in [1.165, 1.54) is 11.8 Å². The highest BCUT2D eigenvalue weighted by Gasteiger charge is 2.33. The normalized spacial score (nSPS) is 19.3. The third-order valence-corrected chi connectivity index (χ3v) is 5.19. The second-order valence-corrected chi connectivity index (χ2v) is 7.28. The van der Waals surface area contributed by atoms with Crippen molar-refractivity contribution in [3.8, 4) is 22.5 Å². The average Bonchev–Trinajstić information content (AvgIpc) is 3.00. The zero-order valence-corrected chi connectivity index (χ0v) is 15.0. The smallest absolute Gasteiger partial charge is 0.319 e. The standard InChI is InChI=1S/C20H17N3O2S/c1-13-12-16(19(24)25-13)26-20-21-17(14-8-4-2-5-9-14)18(22-23-20)15-10-6-3-7-11-15/h2-11,13,16H,12H2,1H3/t13-,16+/m0/s1. The summed E-state index contributed by atoms with van der Waals surface area (Å²) < 4.78 is 5.22. The molecule has 0 aliphatic carbocycles. The number of aromatic nitrogens is 3. The van der Waals surface area contributed by atoms with Gasteiger partial charge in [0.15, 0.2) is 0 Å². The molecule has 6 heteroatoms. The summed E-state index contributed by atoms with van der Waals surface area (Å²) in [7, 11) is 0. The van der Waals surface area contributed by atoms with E-state index in [1.54, 1.807) is 0 Å². The highest BCUT2D eigenvalue weighted by Crippen LogP contribution is 2.33. The summed E-state index contributed by atoms with van der Waals surface area (Å²) in [6.45, 7) is 1.89. The van der Waals surface area contributed by atoms with Crippen LogP contribution >= 0.6 is 11.8 Å². The lowest BCUT2D eigenvalue weighted by molar-refractivity contribution is -0.140. The van der Waals surface area contributed by atoms with Crippen LogP contribution in [0, 0.1) is 0 Å². The molecule has 0 N–H and O–H groups in total. The van der Waals surface area contributed by atoms with Crippen molar-refractivity contribution < 1.29 is 9.53 Å². The third kappa shape index (κ3) is 3.46. The maximum atomic E-state index is 11.9. The number of hydrogen-bond donors (Lipinski definition) is 0. The lowest BCUT2D eigenvalue weighted by Crippen LogP contribution is -2.11. The molecule has 0 amide bonds. The van der Waals surface area contributed by atoms with Crippen LogP contribution in [0.1, 0.15) is 13.3 Å². The average molecular weight is 363 g/mol. The second kappa shape index (κ2) is 7.25. The molecule has 26 heavy (non-hydrogen) atoms. The number of ether oxygens (including phenoxy) is 1. The highest BCUT2D eigenvalue weighted by atomic mass is 32.2. The molecule has 0 saturated carbocycles. The lowest BCUT2D eigenvalue weighted by atomic mass is 10.0. The fourth-order valence-electron chi connectivity index (χ4n) is 2.89. The number of thioether (sulfide) groups is 1. The molecule has 5 nitrogen and oxygen atoms in total. The van der Waals surface area contributed by atoms with E-state index in [1.807, 2.05) is 67.6 Å². The quantitative estimate of drug-likeness (QED) is 0.653. The van der Waals surface area contributed by atoms with E-state index in [-0.39, 0.29) is 17.3 Å². The Kier molecular flexibility index (Phi) is 4.67. The van der Waals surface area contributed by atoms with Crippen LogP contribution in [0.4, 0.5) is 0 Å². The number of esters is 1. The predicted molar refractivity (Wildman–Crippen MR) is 101 cm³/mol. The zero-order valence-electron chi connectivity index (χ0n) is 14.2. The molecule has 1 saturated heterocycles. The first-order valence-corrected chi connectivity index (χ1v) is 9.31. The Morgan fingerprint density at radius 2 is 1.54 bits per heavy atom. The Labute approximate surface area is 155 Å². The van der Waals surface area contributed by atoms with Gasteiger partial charge in [-0.1, -0.05) is 72.4 Å². The van der Waals surface area contributed by atoms with E-state index in [2.05, 4.69) is 10.2 Å². The van der Waals surface area contributed by atoms with Crippen molar-refractivity contribution in [1.29, 1.82) is 0 Å². The van der Waals surface area contributed by atoms with Crippen molar-refractivity contribution in [3.05, 3.63) is 60.7 Å². The van der Waals surface area contributed by atoms with Gasteiger partial charge in [-0.05, 0) is 6.92 Å². The first-order valence-electron chi connectivity index (χ1n) is 8.43. The van der Waals surface area contributed by atoms with E-state index in [0.717, 1.165) is 22.5 Å². The number of benzene rings is 2. The van der Waals surface area contributed by atoms with Crippen molar-refractivity contribution in [3.63, 3.8) is 0 Å².